The highest BCUT2D eigenvalue weighted by Gasteiger charge is 2.13. The van der Waals surface area contributed by atoms with Crippen LogP contribution in [0, 0.1) is 13.8 Å². The third-order valence-electron chi connectivity index (χ3n) is 2.50. The number of nitrogens with zero attached hydrogens (tertiary/aromatic N) is 1. The molecule has 0 saturated carbocycles. The molecule has 0 aromatic carbocycles. The van der Waals surface area contributed by atoms with Crippen LogP contribution in [0.2, 0.25) is 0 Å². The number of nitrogens with one attached hydrogen (secondary N) is 1. The van der Waals surface area contributed by atoms with Crippen molar-refractivity contribution >= 4 is 11.6 Å². The molecule has 1 amide bonds. The number of hydrogen-bond acceptors (Lipinski definition) is 3. The van der Waals surface area contributed by atoms with Crippen molar-refractivity contribution in [3.8, 4) is 0 Å². The first kappa shape index (κ1) is 13.6. The number of hydrogen-bond donors (Lipinski definition) is 2. The molecule has 0 aliphatic heterocycles. The molecule has 1 heterocycles. The van der Waals surface area contributed by atoms with Crippen LogP contribution in [0.3, 0.4) is 0 Å². The molecule has 0 atom stereocenters. The number of rotatable bonds is 4. The molecule has 1 rings (SSSR count). The third-order valence-corrected chi connectivity index (χ3v) is 2.50. The van der Waals surface area contributed by atoms with Crippen molar-refractivity contribution in [2.45, 2.75) is 46.1 Å². The smallest absolute Gasteiger partial charge is 0.224 e. The zero-order valence-corrected chi connectivity index (χ0v) is 11.0. The Bertz CT molecular complexity index is 408. The highest BCUT2D eigenvalue weighted by atomic mass is 16.1. The van der Waals surface area contributed by atoms with Crippen LogP contribution in [-0.4, -0.2) is 16.4 Å². The summed E-state index contributed by atoms with van der Waals surface area (Å²) in [6, 6.07) is 3.76. The van der Waals surface area contributed by atoms with Crippen LogP contribution >= 0.6 is 0 Å². The van der Waals surface area contributed by atoms with E-state index in [0.29, 0.717) is 12.8 Å². The van der Waals surface area contributed by atoms with Gasteiger partial charge in [-0.2, -0.15) is 0 Å². The predicted molar refractivity (Wildman–Crippen MR) is 69.8 cm³/mol. The summed E-state index contributed by atoms with van der Waals surface area (Å²) in [4.78, 5) is 16.0. The second-order valence-electron chi connectivity index (χ2n) is 5.12. The summed E-state index contributed by atoms with van der Waals surface area (Å²) in [7, 11) is 0. The number of amides is 1. The van der Waals surface area contributed by atoms with Crippen molar-refractivity contribution in [1.29, 1.82) is 0 Å². The van der Waals surface area contributed by atoms with Crippen molar-refractivity contribution in [1.82, 2.24) is 4.98 Å². The maximum atomic E-state index is 11.7. The number of aromatic nitrogens is 1. The molecule has 17 heavy (non-hydrogen) atoms. The fourth-order valence-corrected chi connectivity index (χ4v) is 1.47. The van der Waals surface area contributed by atoms with Gasteiger partial charge in [0.05, 0.1) is 11.4 Å². The molecule has 0 saturated heterocycles. The fraction of sp³-hybridized carbons (Fsp3) is 0.538. The van der Waals surface area contributed by atoms with E-state index in [9.17, 15) is 4.79 Å². The maximum Gasteiger partial charge on any atom is 0.224 e. The van der Waals surface area contributed by atoms with Gasteiger partial charge in [0, 0.05) is 17.7 Å². The summed E-state index contributed by atoms with van der Waals surface area (Å²) in [6.45, 7) is 7.64. The highest BCUT2D eigenvalue weighted by molar-refractivity contribution is 5.91. The lowest BCUT2D eigenvalue weighted by Gasteiger charge is -2.17. The van der Waals surface area contributed by atoms with Gasteiger partial charge in [0.2, 0.25) is 5.91 Å². The Morgan fingerprint density at radius 2 is 2.06 bits per heavy atom. The van der Waals surface area contributed by atoms with Gasteiger partial charge in [0.15, 0.2) is 0 Å². The van der Waals surface area contributed by atoms with Gasteiger partial charge in [-0.1, -0.05) is 0 Å². The number of carbonyl (C=O) groups is 1. The van der Waals surface area contributed by atoms with Crippen molar-refractivity contribution in [2.75, 3.05) is 5.32 Å². The Labute approximate surface area is 103 Å². The van der Waals surface area contributed by atoms with Crippen LogP contribution in [0.1, 0.15) is 38.1 Å². The molecular weight excluding hydrogens is 214 g/mol. The van der Waals surface area contributed by atoms with E-state index >= 15 is 0 Å². The molecule has 94 valence electrons. The van der Waals surface area contributed by atoms with E-state index in [2.05, 4.69) is 10.3 Å². The quantitative estimate of drug-likeness (QED) is 0.840. The zero-order chi connectivity index (χ0) is 13.1. The average molecular weight is 235 g/mol. The predicted octanol–water partition coefficient (Wildman–Crippen LogP) is 2.15. The second-order valence-corrected chi connectivity index (χ2v) is 5.12. The van der Waals surface area contributed by atoms with Crippen LogP contribution in [-0.2, 0) is 4.79 Å². The van der Waals surface area contributed by atoms with Crippen molar-refractivity contribution in [2.24, 2.45) is 5.73 Å². The molecule has 0 spiro atoms. The van der Waals surface area contributed by atoms with E-state index < -0.39 is 0 Å². The number of aryl methyl sites for hydroxylation is 2. The maximum absolute atomic E-state index is 11.7. The van der Waals surface area contributed by atoms with Crippen LogP contribution in [0.5, 0.6) is 0 Å². The molecule has 1 aromatic rings. The molecule has 4 nitrogen and oxygen atoms in total. The Morgan fingerprint density at radius 1 is 1.41 bits per heavy atom. The Kier molecular flexibility index (Phi) is 4.23. The summed E-state index contributed by atoms with van der Waals surface area (Å²) in [6.07, 6.45) is 1.09. The molecule has 3 N–H and O–H groups in total. The second kappa shape index (κ2) is 5.27. The fourth-order valence-electron chi connectivity index (χ4n) is 1.47. The molecule has 4 heteroatoms. The summed E-state index contributed by atoms with van der Waals surface area (Å²) < 4.78 is 0. The Hall–Kier alpha value is -1.42. The van der Waals surface area contributed by atoms with E-state index in [0.717, 1.165) is 17.1 Å². The largest absolute Gasteiger partial charge is 0.326 e. The minimum atomic E-state index is -0.308. The van der Waals surface area contributed by atoms with Gasteiger partial charge in [0.25, 0.3) is 0 Å². The molecule has 1 aromatic heterocycles. The van der Waals surface area contributed by atoms with Crippen molar-refractivity contribution < 1.29 is 4.79 Å². The zero-order valence-electron chi connectivity index (χ0n) is 11.0. The SMILES string of the molecule is Cc1ccc(NC(=O)CCC(C)(C)N)c(C)n1. The first-order valence-electron chi connectivity index (χ1n) is 5.81. The molecule has 0 aliphatic rings. The molecular formula is C13H21N3O. The van der Waals surface area contributed by atoms with Gasteiger partial charge >= 0.3 is 0 Å². The van der Waals surface area contributed by atoms with Gasteiger partial charge < -0.3 is 11.1 Å². The van der Waals surface area contributed by atoms with Crippen molar-refractivity contribution in [3.63, 3.8) is 0 Å². The van der Waals surface area contributed by atoms with Gasteiger partial charge in [0.1, 0.15) is 0 Å². The summed E-state index contributed by atoms with van der Waals surface area (Å²) in [5.41, 5.74) is 8.09. The van der Waals surface area contributed by atoms with Gasteiger partial charge in [-0.15, -0.1) is 0 Å². The molecule has 0 bridgehead atoms. The Morgan fingerprint density at radius 3 is 2.59 bits per heavy atom. The molecule has 0 aliphatic carbocycles. The number of carbonyl (C=O) groups excluding carboxylic acids is 1. The van der Waals surface area contributed by atoms with E-state index in [1.54, 1.807) is 0 Å². The monoisotopic (exact) mass is 235 g/mol. The summed E-state index contributed by atoms with van der Waals surface area (Å²) >= 11 is 0. The van der Waals surface area contributed by atoms with Crippen LogP contribution in [0.15, 0.2) is 12.1 Å². The minimum absolute atomic E-state index is 0.0164. The lowest BCUT2D eigenvalue weighted by atomic mass is 10.00. The van der Waals surface area contributed by atoms with Crippen molar-refractivity contribution in [3.05, 3.63) is 23.5 Å². The number of nitrogens with two attached hydrogens (primary N) is 1. The Balaban J connectivity index is 2.57. The summed E-state index contributed by atoms with van der Waals surface area (Å²) in [5, 5.41) is 2.85. The van der Waals surface area contributed by atoms with E-state index in [4.69, 9.17) is 5.73 Å². The van der Waals surface area contributed by atoms with Crippen LogP contribution in [0.4, 0.5) is 5.69 Å². The van der Waals surface area contributed by atoms with E-state index in [-0.39, 0.29) is 11.4 Å². The van der Waals surface area contributed by atoms with Gasteiger partial charge in [-0.05, 0) is 46.2 Å². The van der Waals surface area contributed by atoms with Crippen LogP contribution < -0.4 is 11.1 Å². The summed E-state index contributed by atoms with van der Waals surface area (Å²) in [5.74, 6) is -0.0164. The minimum Gasteiger partial charge on any atom is -0.326 e. The van der Waals surface area contributed by atoms with E-state index in [1.165, 1.54) is 0 Å². The lowest BCUT2D eigenvalue weighted by molar-refractivity contribution is -0.116. The highest BCUT2D eigenvalue weighted by Crippen LogP contribution is 2.14. The average Bonchev–Trinajstić information content (AvgIpc) is 2.18. The topological polar surface area (TPSA) is 68.0 Å². The number of anilines is 1. The standard InChI is InChI=1S/C13H21N3O/c1-9-5-6-11(10(2)15-9)16-12(17)7-8-13(3,4)14/h5-6H,7-8,14H2,1-4H3,(H,16,17). The first-order valence-corrected chi connectivity index (χ1v) is 5.81. The van der Waals surface area contributed by atoms with Crippen LogP contribution in [0.25, 0.3) is 0 Å². The first-order chi connectivity index (χ1) is 7.78. The molecule has 0 radical (unpaired) electrons. The molecule has 0 fully saturated rings. The van der Waals surface area contributed by atoms with Gasteiger partial charge in [-0.25, -0.2) is 0 Å². The van der Waals surface area contributed by atoms with Gasteiger partial charge in [-0.3, -0.25) is 9.78 Å². The normalized spacial score (nSPS) is 11.4. The third kappa shape index (κ3) is 4.95. The molecule has 0 unspecified atom stereocenters. The lowest BCUT2D eigenvalue weighted by Crippen LogP contribution is -2.33. The number of pyridine rings is 1. The van der Waals surface area contributed by atoms with E-state index in [1.807, 2.05) is 39.8 Å².